The molecule has 0 atom stereocenters. The van der Waals surface area contributed by atoms with E-state index in [1.807, 2.05) is 19.1 Å². The summed E-state index contributed by atoms with van der Waals surface area (Å²) in [6.07, 6.45) is 2.48. The van der Waals surface area contributed by atoms with Gasteiger partial charge in [-0.05, 0) is 18.1 Å². The lowest BCUT2D eigenvalue weighted by molar-refractivity contribution is 0.475. The molecule has 0 saturated carbocycles. The molecule has 2 N–H and O–H groups in total. The highest BCUT2D eigenvalue weighted by molar-refractivity contribution is 5.85. The molecule has 0 spiro atoms. The Morgan fingerprint density at radius 1 is 1.50 bits per heavy atom. The number of H-pyrrole nitrogens is 1. The number of aromatic hydroxyl groups is 1. The number of hydrogen-bond donors (Lipinski definition) is 2. The van der Waals surface area contributed by atoms with Gasteiger partial charge in [0, 0.05) is 0 Å². The van der Waals surface area contributed by atoms with E-state index in [0.29, 0.717) is 5.75 Å². The molecule has 1 aromatic carbocycles. The second kappa shape index (κ2) is 2.52. The molecule has 0 aliphatic carbocycles. The number of rotatable bonds is 1. The van der Waals surface area contributed by atoms with Gasteiger partial charge in [0.2, 0.25) is 0 Å². The molecule has 0 aliphatic rings. The quantitative estimate of drug-likeness (QED) is 0.672. The normalized spacial score (nSPS) is 10.8. The number of fused-ring (bicyclic) bond motifs is 1. The van der Waals surface area contributed by atoms with E-state index >= 15 is 0 Å². The van der Waals surface area contributed by atoms with Crippen LogP contribution in [0, 0.1) is 0 Å². The summed E-state index contributed by atoms with van der Waals surface area (Å²) in [6, 6.07) is 3.84. The minimum atomic E-state index is 0.351. The molecule has 12 heavy (non-hydrogen) atoms. The summed E-state index contributed by atoms with van der Waals surface area (Å²) in [4.78, 5) is 0. The summed E-state index contributed by atoms with van der Waals surface area (Å²) in [6.45, 7) is 2.01. The Labute approximate surface area is 70.0 Å². The van der Waals surface area contributed by atoms with Gasteiger partial charge >= 0.3 is 0 Å². The van der Waals surface area contributed by atoms with Crippen LogP contribution in [-0.4, -0.2) is 15.3 Å². The zero-order valence-electron chi connectivity index (χ0n) is 6.83. The average molecular weight is 162 g/mol. The molecule has 3 heteroatoms. The lowest BCUT2D eigenvalue weighted by Gasteiger charge is -2.00. The molecule has 3 nitrogen and oxygen atoms in total. The first-order chi connectivity index (χ1) is 5.83. The third-order valence-corrected chi connectivity index (χ3v) is 2.06. The number of aryl methyl sites for hydroxylation is 1. The fourth-order valence-corrected chi connectivity index (χ4v) is 1.33. The van der Waals surface area contributed by atoms with E-state index in [0.717, 1.165) is 22.9 Å². The Balaban J connectivity index is 2.78. The fourth-order valence-electron chi connectivity index (χ4n) is 1.33. The van der Waals surface area contributed by atoms with Gasteiger partial charge in [-0.3, -0.25) is 5.10 Å². The van der Waals surface area contributed by atoms with Crippen LogP contribution in [0.1, 0.15) is 12.5 Å². The van der Waals surface area contributed by atoms with Gasteiger partial charge in [0.05, 0.1) is 17.1 Å². The first-order valence-electron chi connectivity index (χ1n) is 3.97. The van der Waals surface area contributed by atoms with Crippen LogP contribution in [0.2, 0.25) is 0 Å². The van der Waals surface area contributed by atoms with Gasteiger partial charge in [0.25, 0.3) is 0 Å². The number of nitrogens with one attached hydrogen (secondary N) is 1. The van der Waals surface area contributed by atoms with Crippen LogP contribution in [0.15, 0.2) is 18.3 Å². The molecular weight excluding hydrogens is 152 g/mol. The molecule has 2 aromatic rings. The molecule has 0 bridgehead atoms. The highest BCUT2D eigenvalue weighted by Gasteiger charge is 2.04. The van der Waals surface area contributed by atoms with Gasteiger partial charge in [-0.1, -0.05) is 13.0 Å². The van der Waals surface area contributed by atoms with Crippen LogP contribution in [0.4, 0.5) is 0 Å². The van der Waals surface area contributed by atoms with E-state index in [1.54, 1.807) is 6.20 Å². The zero-order chi connectivity index (χ0) is 8.55. The molecule has 0 amide bonds. The average Bonchev–Trinajstić information content (AvgIpc) is 2.53. The maximum atomic E-state index is 9.68. The van der Waals surface area contributed by atoms with Crippen molar-refractivity contribution in [1.29, 1.82) is 0 Å². The van der Waals surface area contributed by atoms with Crippen LogP contribution in [0.3, 0.4) is 0 Å². The van der Waals surface area contributed by atoms with Crippen LogP contribution in [0.25, 0.3) is 10.9 Å². The van der Waals surface area contributed by atoms with E-state index in [4.69, 9.17) is 0 Å². The molecule has 0 saturated heterocycles. The first kappa shape index (κ1) is 7.16. The lowest BCUT2D eigenvalue weighted by atomic mass is 10.1. The number of hydrogen-bond acceptors (Lipinski definition) is 2. The lowest BCUT2D eigenvalue weighted by Crippen LogP contribution is -1.81. The van der Waals surface area contributed by atoms with Gasteiger partial charge in [0.15, 0.2) is 0 Å². The predicted octanol–water partition coefficient (Wildman–Crippen LogP) is 1.83. The number of aromatic nitrogens is 2. The van der Waals surface area contributed by atoms with Crippen molar-refractivity contribution in [3.05, 3.63) is 23.9 Å². The van der Waals surface area contributed by atoms with Crippen molar-refractivity contribution >= 4 is 10.9 Å². The van der Waals surface area contributed by atoms with Crippen LogP contribution in [0.5, 0.6) is 5.75 Å². The summed E-state index contributed by atoms with van der Waals surface area (Å²) in [7, 11) is 0. The van der Waals surface area contributed by atoms with Gasteiger partial charge in [0.1, 0.15) is 5.75 Å². The van der Waals surface area contributed by atoms with E-state index in [1.165, 1.54) is 0 Å². The number of phenolic OH excluding ortho intramolecular Hbond substituents is 1. The van der Waals surface area contributed by atoms with E-state index in [2.05, 4.69) is 10.2 Å². The SMILES string of the molecule is CCc1ccc2[nH]ncc2c1O. The maximum absolute atomic E-state index is 9.68. The van der Waals surface area contributed by atoms with Crippen LogP contribution in [-0.2, 0) is 6.42 Å². The van der Waals surface area contributed by atoms with Gasteiger partial charge in [-0.15, -0.1) is 0 Å². The molecule has 0 unspecified atom stereocenters. The predicted molar refractivity (Wildman–Crippen MR) is 47.1 cm³/mol. The molecule has 2 rings (SSSR count). The van der Waals surface area contributed by atoms with Crippen molar-refractivity contribution in [2.45, 2.75) is 13.3 Å². The standard InChI is InChI=1S/C9H10N2O/c1-2-6-3-4-8-7(9(6)12)5-10-11-8/h3-5,12H,2H2,1H3,(H,10,11). The van der Waals surface area contributed by atoms with Crippen molar-refractivity contribution in [2.24, 2.45) is 0 Å². The number of nitrogens with zero attached hydrogens (tertiary/aromatic N) is 1. The Morgan fingerprint density at radius 3 is 3.08 bits per heavy atom. The molecule has 1 heterocycles. The Hall–Kier alpha value is -1.51. The van der Waals surface area contributed by atoms with Crippen molar-refractivity contribution in [2.75, 3.05) is 0 Å². The summed E-state index contributed by atoms with van der Waals surface area (Å²) in [5, 5.41) is 17.1. The summed E-state index contributed by atoms with van der Waals surface area (Å²) < 4.78 is 0. The summed E-state index contributed by atoms with van der Waals surface area (Å²) in [5.74, 6) is 0.351. The molecule has 62 valence electrons. The molecule has 0 radical (unpaired) electrons. The van der Waals surface area contributed by atoms with Crippen LogP contribution >= 0.6 is 0 Å². The summed E-state index contributed by atoms with van der Waals surface area (Å²) in [5.41, 5.74) is 1.84. The van der Waals surface area contributed by atoms with E-state index in [-0.39, 0.29) is 0 Å². The molecule has 0 fully saturated rings. The largest absolute Gasteiger partial charge is 0.507 e. The third-order valence-electron chi connectivity index (χ3n) is 2.06. The second-order valence-electron chi connectivity index (χ2n) is 2.76. The number of benzene rings is 1. The smallest absolute Gasteiger partial charge is 0.129 e. The van der Waals surface area contributed by atoms with E-state index in [9.17, 15) is 5.11 Å². The fraction of sp³-hybridized carbons (Fsp3) is 0.222. The van der Waals surface area contributed by atoms with Gasteiger partial charge < -0.3 is 5.11 Å². The number of aromatic amines is 1. The van der Waals surface area contributed by atoms with Gasteiger partial charge in [-0.2, -0.15) is 5.10 Å². The Kier molecular flexibility index (Phi) is 1.50. The van der Waals surface area contributed by atoms with Crippen molar-refractivity contribution < 1.29 is 5.11 Å². The summed E-state index contributed by atoms with van der Waals surface area (Å²) >= 11 is 0. The highest BCUT2D eigenvalue weighted by Crippen LogP contribution is 2.27. The Bertz CT molecular complexity index is 406. The van der Waals surface area contributed by atoms with E-state index < -0.39 is 0 Å². The minimum absolute atomic E-state index is 0.351. The molecule has 1 aromatic heterocycles. The van der Waals surface area contributed by atoms with Gasteiger partial charge in [-0.25, -0.2) is 0 Å². The zero-order valence-corrected chi connectivity index (χ0v) is 6.83. The van der Waals surface area contributed by atoms with Crippen molar-refractivity contribution in [3.63, 3.8) is 0 Å². The Morgan fingerprint density at radius 2 is 2.33 bits per heavy atom. The topological polar surface area (TPSA) is 48.9 Å². The van der Waals surface area contributed by atoms with Crippen molar-refractivity contribution in [3.8, 4) is 5.75 Å². The minimum Gasteiger partial charge on any atom is -0.507 e. The third kappa shape index (κ3) is 0.863. The second-order valence-corrected chi connectivity index (χ2v) is 2.76. The molecular formula is C9H10N2O. The highest BCUT2D eigenvalue weighted by atomic mass is 16.3. The maximum Gasteiger partial charge on any atom is 0.129 e. The van der Waals surface area contributed by atoms with Crippen LogP contribution < -0.4 is 0 Å². The number of phenols is 1. The first-order valence-corrected chi connectivity index (χ1v) is 3.97. The van der Waals surface area contributed by atoms with Crippen molar-refractivity contribution in [1.82, 2.24) is 10.2 Å². The molecule has 0 aliphatic heterocycles. The monoisotopic (exact) mass is 162 g/mol.